The normalized spacial score (nSPS) is 28.1. The Balaban J connectivity index is 1.52. The van der Waals surface area contributed by atoms with Gasteiger partial charge in [-0.25, -0.2) is 0 Å². The van der Waals surface area contributed by atoms with Gasteiger partial charge in [0.2, 0.25) is 5.91 Å². The van der Waals surface area contributed by atoms with E-state index >= 15 is 0 Å². The molecule has 1 heterocycles. The van der Waals surface area contributed by atoms with Gasteiger partial charge in [0.05, 0.1) is 0 Å². The third-order valence-electron chi connectivity index (χ3n) is 4.32. The lowest BCUT2D eigenvalue weighted by Crippen LogP contribution is -2.45. The second kappa shape index (κ2) is 4.99. The topological polar surface area (TPSA) is 71.1 Å². The van der Waals surface area contributed by atoms with Gasteiger partial charge in [-0.05, 0) is 43.2 Å². The molecule has 0 aromatic carbocycles. The monoisotopic (exact) mass is 259 g/mol. The molecule has 3 atom stereocenters. The number of fused-ring (bicyclic) bond motifs is 2. The maximum Gasteiger partial charge on any atom is 0.269 e. The Labute approximate surface area is 111 Å². The summed E-state index contributed by atoms with van der Waals surface area (Å²) in [6, 6.07) is 3.22. The van der Waals surface area contributed by atoms with Crippen LogP contribution in [0.5, 0.6) is 0 Å². The second-order valence-corrected chi connectivity index (χ2v) is 5.46. The fourth-order valence-corrected chi connectivity index (χ4v) is 3.35. The molecule has 0 unspecified atom stereocenters. The lowest BCUT2D eigenvalue weighted by Gasteiger charge is -2.20. The standard InChI is InChI=1S/C14H17N3O2/c18-13(10-3-5-15-6-4-10)16-17-14(19)12-8-9-1-2-11(12)7-9/h3-6,9,11-12H,1-2,7-8H2,(H,16,18)(H,17,19)/t9-,11-,12-/m1/s1. The molecule has 19 heavy (non-hydrogen) atoms. The number of carbonyl (C=O) groups excluding carboxylic acids is 2. The van der Waals surface area contributed by atoms with Crippen molar-refractivity contribution in [2.75, 3.05) is 0 Å². The minimum absolute atomic E-state index is 0.0467. The number of hydrogen-bond donors (Lipinski definition) is 2. The van der Waals surface area contributed by atoms with Gasteiger partial charge in [0.1, 0.15) is 0 Å². The smallest absolute Gasteiger partial charge is 0.269 e. The van der Waals surface area contributed by atoms with Crippen LogP contribution in [-0.2, 0) is 4.79 Å². The van der Waals surface area contributed by atoms with E-state index in [4.69, 9.17) is 0 Å². The van der Waals surface area contributed by atoms with Gasteiger partial charge in [-0.1, -0.05) is 6.42 Å². The number of hydrogen-bond acceptors (Lipinski definition) is 3. The van der Waals surface area contributed by atoms with Gasteiger partial charge in [0.15, 0.2) is 0 Å². The highest BCUT2D eigenvalue weighted by molar-refractivity contribution is 5.95. The van der Waals surface area contributed by atoms with E-state index in [1.54, 1.807) is 24.5 Å². The van der Waals surface area contributed by atoms with Crippen LogP contribution in [0.1, 0.15) is 36.0 Å². The van der Waals surface area contributed by atoms with Gasteiger partial charge in [0.25, 0.3) is 5.91 Å². The Morgan fingerprint density at radius 2 is 1.89 bits per heavy atom. The molecule has 100 valence electrons. The summed E-state index contributed by atoms with van der Waals surface area (Å²) in [6.45, 7) is 0. The molecular formula is C14H17N3O2. The summed E-state index contributed by atoms with van der Waals surface area (Å²) < 4.78 is 0. The summed E-state index contributed by atoms with van der Waals surface area (Å²) in [5, 5.41) is 0. The van der Waals surface area contributed by atoms with Crippen LogP contribution in [0, 0.1) is 17.8 Å². The minimum atomic E-state index is -0.307. The van der Waals surface area contributed by atoms with Crippen LogP contribution in [0.2, 0.25) is 0 Å². The van der Waals surface area contributed by atoms with Crippen molar-refractivity contribution in [3.05, 3.63) is 30.1 Å². The zero-order valence-corrected chi connectivity index (χ0v) is 10.6. The average Bonchev–Trinajstić information content (AvgIpc) is 3.08. The minimum Gasteiger partial charge on any atom is -0.273 e. The molecule has 0 aliphatic heterocycles. The first-order chi connectivity index (χ1) is 9.24. The molecule has 0 spiro atoms. The fourth-order valence-electron chi connectivity index (χ4n) is 3.35. The third-order valence-corrected chi connectivity index (χ3v) is 4.32. The summed E-state index contributed by atoms with van der Waals surface area (Å²) >= 11 is 0. The molecule has 1 aromatic heterocycles. The van der Waals surface area contributed by atoms with Crippen LogP contribution < -0.4 is 10.9 Å². The van der Waals surface area contributed by atoms with Gasteiger partial charge in [-0.15, -0.1) is 0 Å². The number of nitrogens with one attached hydrogen (secondary N) is 2. The van der Waals surface area contributed by atoms with Crippen molar-refractivity contribution in [2.45, 2.75) is 25.7 Å². The molecule has 2 N–H and O–H groups in total. The van der Waals surface area contributed by atoms with E-state index in [1.807, 2.05) is 0 Å². The molecule has 2 bridgehead atoms. The van der Waals surface area contributed by atoms with E-state index in [2.05, 4.69) is 15.8 Å². The largest absolute Gasteiger partial charge is 0.273 e. The Morgan fingerprint density at radius 3 is 2.53 bits per heavy atom. The third kappa shape index (κ3) is 2.45. The molecule has 2 amide bonds. The van der Waals surface area contributed by atoms with Crippen molar-refractivity contribution in [3.63, 3.8) is 0 Å². The first kappa shape index (κ1) is 12.1. The number of nitrogens with zero attached hydrogens (tertiary/aromatic N) is 1. The van der Waals surface area contributed by atoms with Crippen molar-refractivity contribution in [1.29, 1.82) is 0 Å². The van der Waals surface area contributed by atoms with E-state index in [-0.39, 0.29) is 17.7 Å². The SMILES string of the molecule is O=C(NNC(=O)[C@@H]1C[C@@H]2CC[C@@H]1C2)c1ccncc1. The van der Waals surface area contributed by atoms with E-state index in [0.717, 1.165) is 18.8 Å². The Kier molecular flexibility index (Phi) is 3.19. The van der Waals surface area contributed by atoms with Crippen molar-refractivity contribution >= 4 is 11.8 Å². The average molecular weight is 259 g/mol. The zero-order chi connectivity index (χ0) is 13.2. The molecule has 2 fully saturated rings. The second-order valence-electron chi connectivity index (χ2n) is 5.46. The molecule has 5 nitrogen and oxygen atoms in total. The van der Waals surface area contributed by atoms with Crippen molar-refractivity contribution < 1.29 is 9.59 Å². The van der Waals surface area contributed by atoms with Gasteiger partial charge in [-0.2, -0.15) is 0 Å². The Morgan fingerprint density at radius 1 is 1.11 bits per heavy atom. The van der Waals surface area contributed by atoms with Crippen molar-refractivity contribution in [3.8, 4) is 0 Å². The van der Waals surface area contributed by atoms with E-state index in [1.165, 1.54) is 12.8 Å². The number of hydrazine groups is 1. The highest BCUT2D eigenvalue weighted by atomic mass is 16.2. The molecule has 5 heteroatoms. The number of aromatic nitrogens is 1. The summed E-state index contributed by atoms with van der Waals surface area (Å²) in [4.78, 5) is 27.6. The summed E-state index contributed by atoms with van der Waals surface area (Å²) in [5.41, 5.74) is 5.51. The highest BCUT2D eigenvalue weighted by Gasteiger charge is 2.43. The number of carbonyl (C=O) groups is 2. The molecular weight excluding hydrogens is 242 g/mol. The van der Waals surface area contributed by atoms with Gasteiger partial charge in [0, 0.05) is 23.9 Å². The quantitative estimate of drug-likeness (QED) is 0.786. The molecule has 2 aliphatic rings. The number of amides is 2. The zero-order valence-electron chi connectivity index (χ0n) is 10.6. The predicted molar refractivity (Wildman–Crippen MR) is 68.8 cm³/mol. The molecule has 0 saturated heterocycles. The van der Waals surface area contributed by atoms with E-state index < -0.39 is 0 Å². The predicted octanol–water partition coefficient (Wildman–Crippen LogP) is 1.28. The maximum absolute atomic E-state index is 12.0. The van der Waals surface area contributed by atoms with Crippen LogP contribution in [0.15, 0.2) is 24.5 Å². The van der Waals surface area contributed by atoms with E-state index in [0.29, 0.717) is 11.5 Å². The summed E-state index contributed by atoms with van der Waals surface area (Å²) in [7, 11) is 0. The van der Waals surface area contributed by atoms with Crippen LogP contribution >= 0.6 is 0 Å². The van der Waals surface area contributed by atoms with Crippen molar-refractivity contribution in [1.82, 2.24) is 15.8 Å². The summed E-state index contributed by atoms with van der Waals surface area (Å²) in [5.74, 6) is 0.962. The lowest BCUT2D eigenvalue weighted by atomic mass is 9.88. The maximum atomic E-state index is 12.0. The number of rotatable bonds is 2. The highest BCUT2D eigenvalue weighted by Crippen LogP contribution is 2.48. The first-order valence-electron chi connectivity index (χ1n) is 6.74. The van der Waals surface area contributed by atoms with E-state index in [9.17, 15) is 9.59 Å². The molecule has 2 aliphatic carbocycles. The van der Waals surface area contributed by atoms with Crippen LogP contribution in [0.4, 0.5) is 0 Å². The molecule has 1 aromatic rings. The molecule has 3 rings (SSSR count). The number of pyridine rings is 1. The summed E-state index contributed by atoms with van der Waals surface area (Å²) in [6.07, 6.45) is 7.66. The van der Waals surface area contributed by atoms with Gasteiger partial charge < -0.3 is 0 Å². The first-order valence-corrected chi connectivity index (χ1v) is 6.74. The van der Waals surface area contributed by atoms with Crippen LogP contribution in [0.3, 0.4) is 0 Å². The van der Waals surface area contributed by atoms with Gasteiger partial charge >= 0.3 is 0 Å². The van der Waals surface area contributed by atoms with Crippen LogP contribution in [-0.4, -0.2) is 16.8 Å². The Hall–Kier alpha value is -1.91. The fraction of sp³-hybridized carbons (Fsp3) is 0.500. The Bertz CT molecular complexity index is 489. The van der Waals surface area contributed by atoms with Crippen molar-refractivity contribution in [2.24, 2.45) is 17.8 Å². The molecule has 0 radical (unpaired) electrons. The van der Waals surface area contributed by atoms with Gasteiger partial charge in [-0.3, -0.25) is 25.4 Å². The lowest BCUT2D eigenvalue weighted by molar-refractivity contribution is -0.127. The van der Waals surface area contributed by atoms with Crippen LogP contribution in [0.25, 0.3) is 0 Å². The molecule has 2 saturated carbocycles.